The lowest BCUT2D eigenvalue weighted by Crippen LogP contribution is -2.16. The van der Waals surface area contributed by atoms with E-state index in [-0.39, 0.29) is 5.82 Å². The summed E-state index contributed by atoms with van der Waals surface area (Å²) in [4.78, 5) is 6.63. The molecule has 1 aliphatic rings. The van der Waals surface area contributed by atoms with E-state index in [1.807, 2.05) is 55.8 Å². The Hall–Kier alpha value is -3.05. The van der Waals surface area contributed by atoms with Crippen molar-refractivity contribution in [2.75, 3.05) is 0 Å². The zero-order valence-corrected chi connectivity index (χ0v) is 15.1. The molecule has 4 nitrogen and oxygen atoms in total. The first-order valence-corrected chi connectivity index (χ1v) is 9.04. The Balaban J connectivity index is 1.43. The molecule has 0 saturated heterocycles. The molecule has 5 rings (SSSR count). The van der Waals surface area contributed by atoms with Gasteiger partial charge < -0.3 is 0 Å². The van der Waals surface area contributed by atoms with Crippen molar-refractivity contribution in [1.82, 2.24) is 19.7 Å². The lowest BCUT2D eigenvalue weighted by Gasteiger charge is -2.15. The fraction of sp³-hybridized carbons (Fsp3) is 0.182. The Kier molecular flexibility index (Phi) is 3.76. The first kappa shape index (κ1) is 16.1. The summed E-state index contributed by atoms with van der Waals surface area (Å²) in [6, 6.07) is 15.5. The summed E-state index contributed by atoms with van der Waals surface area (Å²) in [5, 5.41) is 5.47. The molecule has 3 heterocycles. The van der Waals surface area contributed by atoms with E-state index in [0.717, 1.165) is 40.8 Å². The first-order valence-electron chi connectivity index (χ1n) is 9.04. The smallest absolute Gasteiger partial charge is 0.128 e. The average molecular weight is 358 g/mol. The van der Waals surface area contributed by atoms with Gasteiger partial charge in [0.25, 0.3) is 0 Å². The van der Waals surface area contributed by atoms with E-state index in [2.05, 4.69) is 21.0 Å². The summed E-state index contributed by atoms with van der Waals surface area (Å²) >= 11 is 0. The number of fused-ring (bicyclic) bond motifs is 2. The highest BCUT2D eigenvalue weighted by Crippen LogP contribution is 2.30. The normalized spacial score (nSPS) is 14.0. The van der Waals surface area contributed by atoms with Crippen LogP contribution in [0.4, 0.5) is 4.39 Å². The molecule has 0 amide bonds. The van der Waals surface area contributed by atoms with Crippen LogP contribution >= 0.6 is 0 Å². The van der Waals surface area contributed by atoms with Gasteiger partial charge >= 0.3 is 0 Å². The highest BCUT2D eigenvalue weighted by molar-refractivity contribution is 5.94. The van der Waals surface area contributed by atoms with Crippen molar-refractivity contribution >= 4 is 10.9 Å². The van der Waals surface area contributed by atoms with Crippen molar-refractivity contribution in [3.63, 3.8) is 0 Å². The van der Waals surface area contributed by atoms with Crippen LogP contribution in [0.1, 0.15) is 16.8 Å². The maximum Gasteiger partial charge on any atom is 0.128 e. The number of hydrogen-bond acceptors (Lipinski definition) is 3. The molecule has 2 aromatic heterocycles. The summed E-state index contributed by atoms with van der Waals surface area (Å²) in [6.07, 6.45) is 3.79. The predicted octanol–water partition coefficient (Wildman–Crippen LogP) is 4.29. The van der Waals surface area contributed by atoms with Gasteiger partial charge in [-0.25, -0.2) is 4.39 Å². The second-order valence-electron chi connectivity index (χ2n) is 7.10. The molecule has 0 fully saturated rings. The molecule has 2 aromatic carbocycles. The third kappa shape index (κ3) is 2.90. The van der Waals surface area contributed by atoms with E-state index in [0.29, 0.717) is 12.1 Å². The zero-order chi connectivity index (χ0) is 18.4. The zero-order valence-electron chi connectivity index (χ0n) is 15.1. The van der Waals surface area contributed by atoms with Crippen LogP contribution in [0.25, 0.3) is 22.0 Å². The Morgan fingerprint density at radius 1 is 1.07 bits per heavy atom. The van der Waals surface area contributed by atoms with Crippen LogP contribution in [-0.2, 0) is 26.7 Å². The summed E-state index contributed by atoms with van der Waals surface area (Å²) in [5.74, 6) is -0.169. The van der Waals surface area contributed by atoms with Gasteiger partial charge in [0.2, 0.25) is 0 Å². The van der Waals surface area contributed by atoms with Crippen LogP contribution in [0.15, 0.2) is 60.9 Å². The lowest BCUT2D eigenvalue weighted by atomic mass is 10.00. The van der Waals surface area contributed by atoms with Crippen molar-refractivity contribution in [1.29, 1.82) is 0 Å². The van der Waals surface area contributed by atoms with Crippen LogP contribution in [0.2, 0.25) is 0 Å². The quantitative estimate of drug-likeness (QED) is 0.548. The lowest BCUT2D eigenvalue weighted by molar-refractivity contribution is 0.270. The van der Waals surface area contributed by atoms with Gasteiger partial charge in [-0.2, -0.15) is 5.10 Å². The Morgan fingerprint density at radius 2 is 2.00 bits per heavy atom. The average Bonchev–Trinajstić information content (AvgIpc) is 3.24. The molecule has 1 aliphatic heterocycles. The SMILES string of the molecule is Cn1cc2c(-c3ccc(CN4Cc5cccnc5C4)c(F)c3)cccc2n1. The van der Waals surface area contributed by atoms with E-state index in [9.17, 15) is 4.39 Å². The number of hydrogen-bond donors (Lipinski definition) is 0. The van der Waals surface area contributed by atoms with Gasteiger partial charge in [-0.05, 0) is 34.9 Å². The molecule has 4 aromatic rings. The predicted molar refractivity (Wildman–Crippen MR) is 103 cm³/mol. The van der Waals surface area contributed by atoms with Gasteiger partial charge in [0.05, 0.1) is 11.2 Å². The molecule has 0 saturated carbocycles. The van der Waals surface area contributed by atoms with Crippen LogP contribution in [-0.4, -0.2) is 19.7 Å². The summed E-state index contributed by atoms with van der Waals surface area (Å²) < 4.78 is 16.6. The van der Waals surface area contributed by atoms with Crippen LogP contribution in [0.3, 0.4) is 0 Å². The molecular formula is C22H19FN4. The fourth-order valence-corrected chi connectivity index (χ4v) is 3.88. The minimum Gasteiger partial charge on any atom is -0.289 e. The summed E-state index contributed by atoms with van der Waals surface area (Å²) in [7, 11) is 1.90. The molecule has 0 bridgehead atoms. The van der Waals surface area contributed by atoms with Crippen molar-refractivity contribution < 1.29 is 4.39 Å². The van der Waals surface area contributed by atoms with Gasteiger partial charge in [0.15, 0.2) is 0 Å². The standard InChI is InChI=1S/C22H19FN4/c1-26-13-19-18(5-2-6-21(19)25-26)15-7-8-16(20(23)10-15)11-27-12-17-4-3-9-24-22(17)14-27/h2-10,13H,11-12,14H2,1H3. The second-order valence-corrected chi connectivity index (χ2v) is 7.10. The van der Waals surface area contributed by atoms with Gasteiger partial charge in [0.1, 0.15) is 5.82 Å². The van der Waals surface area contributed by atoms with Gasteiger partial charge in [-0.3, -0.25) is 14.6 Å². The Labute approximate surface area is 156 Å². The van der Waals surface area contributed by atoms with Crippen LogP contribution < -0.4 is 0 Å². The number of aryl methyl sites for hydroxylation is 1. The third-order valence-corrected chi connectivity index (χ3v) is 5.17. The summed E-state index contributed by atoms with van der Waals surface area (Å²) in [6.45, 7) is 2.17. The number of pyridine rings is 1. The van der Waals surface area contributed by atoms with Crippen molar-refractivity contribution in [2.45, 2.75) is 19.6 Å². The monoisotopic (exact) mass is 358 g/mol. The molecule has 27 heavy (non-hydrogen) atoms. The molecule has 5 heteroatoms. The van der Waals surface area contributed by atoms with Crippen LogP contribution in [0, 0.1) is 5.82 Å². The highest BCUT2D eigenvalue weighted by Gasteiger charge is 2.20. The number of rotatable bonds is 3. The maximum absolute atomic E-state index is 14.9. The first-order chi connectivity index (χ1) is 13.2. The highest BCUT2D eigenvalue weighted by atomic mass is 19.1. The Bertz CT molecular complexity index is 1120. The number of benzene rings is 2. The van der Waals surface area contributed by atoms with E-state index >= 15 is 0 Å². The van der Waals surface area contributed by atoms with Crippen molar-refractivity contribution in [3.05, 3.63) is 83.6 Å². The molecule has 134 valence electrons. The molecule has 0 radical (unpaired) electrons. The number of halogens is 1. The number of aromatic nitrogens is 3. The minimum atomic E-state index is -0.169. The molecule has 0 atom stereocenters. The third-order valence-electron chi connectivity index (χ3n) is 5.17. The molecule has 0 unspecified atom stereocenters. The van der Waals surface area contributed by atoms with Crippen molar-refractivity contribution in [2.24, 2.45) is 7.05 Å². The largest absolute Gasteiger partial charge is 0.289 e. The van der Waals surface area contributed by atoms with Crippen LogP contribution in [0.5, 0.6) is 0 Å². The van der Waals surface area contributed by atoms with Gasteiger partial charge in [-0.15, -0.1) is 0 Å². The van der Waals surface area contributed by atoms with Gasteiger partial charge in [0, 0.05) is 50.0 Å². The van der Waals surface area contributed by atoms with Gasteiger partial charge in [-0.1, -0.05) is 30.3 Å². The van der Waals surface area contributed by atoms with Crippen molar-refractivity contribution in [3.8, 4) is 11.1 Å². The maximum atomic E-state index is 14.9. The molecule has 0 N–H and O–H groups in total. The molecular weight excluding hydrogens is 339 g/mol. The fourth-order valence-electron chi connectivity index (χ4n) is 3.88. The molecule has 0 spiro atoms. The summed E-state index contributed by atoms with van der Waals surface area (Å²) in [5.41, 5.74) is 5.84. The molecule has 0 aliphatic carbocycles. The van der Waals surface area contributed by atoms with E-state index in [1.165, 1.54) is 5.56 Å². The van der Waals surface area contributed by atoms with E-state index in [4.69, 9.17) is 0 Å². The second kappa shape index (κ2) is 6.28. The van der Waals surface area contributed by atoms with E-state index < -0.39 is 0 Å². The van der Waals surface area contributed by atoms with E-state index in [1.54, 1.807) is 10.7 Å². The topological polar surface area (TPSA) is 34.0 Å². The Morgan fingerprint density at radius 3 is 2.85 bits per heavy atom. The number of nitrogens with zero attached hydrogens (tertiary/aromatic N) is 4. The minimum absolute atomic E-state index is 0.169.